The van der Waals surface area contributed by atoms with Gasteiger partial charge < -0.3 is 9.84 Å². The molecule has 0 radical (unpaired) electrons. The van der Waals surface area contributed by atoms with Crippen LogP contribution in [0, 0.1) is 5.41 Å². The third-order valence-electron chi connectivity index (χ3n) is 4.55. The van der Waals surface area contributed by atoms with Gasteiger partial charge in [-0.3, -0.25) is 5.21 Å². The highest BCUT2D eigenvalue weighted by Gasteiger charge is 2.35. The number of hydrogen-bond donors (Lipinski definition) is 2. The topological polar surface area (TPSA) is 53.6 Å². The first-order chi connectivity index (χ1) is 10.3. The molecule has 2 rings (SSSR count). The molecule has 1 heterocycles. The fourth-order valence-corrected chi connectivity index (χ4v) is 3.27. The second kappa shape index (κ2) is 6.29. The van der Waals surface area contributed by atoms with Crippen LogP contribution in [0.4, 0.5) is 0 Å². The Morgan fingerprint density at radius 1 is 1.32 bits per heavy atom. The second-order valence-corrected chi connectivity index (χ2v) is 7.22. The number of aromatic nitrogens is 1. The van der Waals surface area contributed by atoms with Crippen molar-refractivity contribution < 1.29 is 19.8 Å². The molecule has 0 aromatic carbocycles. The first-order valence-corrected chi connectivity index (χ1v) is 7.95. The van der Waals surface area contributed by atoms with Gasteiger partial charge in [0.05, 0.1) is 13.7 Å². The Kier molecular flexibility index (Phi) is 4.81. The van der Waals surface area contributed by atoms with Crippen LogP contribution < -0.4 is 9.47 Å². The van der Waals surface area contributed by atoms with E-state index in [1.54, 1.807) is 7.11 Å². The van der Waals surface area contributed by atoms with Gasteiger partial charge in [0.15, 0.2) is 5.75 Å². The Morgan fingerprint density at radius 3 is 2.55 bits per heavy atom. The summed E-state index contributed by atoms with van der Waals surface area (Å²) < 4.78 is 6.71. The Labute approximate surface area is 133 Å². The van der Waals surface area contributed by atoms with Crippen LogP contribution in [-0.2, 0) is 0 Å². The van der Waals surface area contributed by atoms with E-state index in [0.29, 0.717) is 11.4 Å². The lowest BCUT2D eigenvalue weighted by molar-refractivity contribution is -0.911. The third-order valence-corrected chi connectivity index (χ3v) is 4.55. The Balaban J connectivity index is 2.64. The number of hydrogen-bond acceptors (Lipinski definition) is 3. The van der Waals surface area contributed by atoms with E-state index in [1.807, 2.05) is 26.0 Å². The largest absolute Gasteiger partial charge is 0.490 e. The van der Waals surface area contributed by atoms with Crippen LogP contribution in [0.1, 0.15) is 64.3 Å². The average Bonchev–Trinajstić information content (AvgIpc) is 2.46. The molecule has 0 aliphatic heterocycles. The second-order valence-electron chi connectivity index (χ2n) is 7.22. The molecule has 0 saturated heterocycles. The standard InChI is InChI=1S/C18H28NO3/c1-12(2)15-6-7-16(22-5)17(19(15)21)14-8-9-18(3,4)10-13(14)11-20/h6-7,12,20-21H,8-11H2,1-5H3/q+1. The van der Waals surface area contributed by atoms with Crippen LogP contribution in [0.25, 0.3) is 5.57 Å². The minimum Gasteiger partial charge on any atom is -0.490 e. The molecule has 0 atom stereocenters. The van der Waals surface area contributed by atoms with Crippen molar-refractivity contribution in [1.29, 1.82) is 0 Å². The zero-order valence-electron chi connectivity index (χ0n) is 14.3. The normalized spacial score (nSPS) is 18.0. The number of aliphatic hydroxyl groups is 1. The van der Waals surface area contributed by atoms with Crippen LogP contribution in [0.2, 0.25) is 0 Å². The maximum absolute atomic E-state index is 10.7. The Morgan fingerprint density at radius 2 is 2.00 bits per heavy atom. The molecule has 1 aromatic heterocycles. The van der Waals surface area contributed by atoms with E-state index in [1.165, 1.54) is 4.73 Å². The van der Waals surface area contributed by atoms with Crippen molar-refractivity contribution in [2.24, 2.45) is 5.41 Å². The lowest BCUT2D eigenvalue weighted by Crippen LogP contribution is -2.41. The van der Waals surface area contributed by atoms with E-state index in [4.69, 9.17) is 4.74 Å². The first kappa shape index (κ1) is 16.8. The van der Waals surface area contributed by atoms with Crippen molar-refractivity contribution in [2.75, 3.05) is 13.7 Å². The summed E-state index contributed by atoms with van der Waals surface area (Å²) in [5, 5.41) is 20.5. The minimum absolute atomic E-state index is 0.0217. The minimum atomic E-state index is 0.0217. The number of ether oxygens (including phenoxy) is 1. The van der Waals surface area contributed by atoms with Gasteiger partial charge in [0.2, 0.25) is 5.69 Å². The molecule has 22 heavy (non-hydrogen) atoms. The molecular weight excluding hydrogens is 278 g/mol. The number of allylic oxidation sites excluding steroid dienone is 1. The SMILES string of the molecule is COc1ccc(C(C)C)[n+](O)c1C1=C(CO)CC(C)(C)CC1. The highest BCUT2D eigenvalue weighted by molar-refractivity contribution is 5.69. The molecule has 0 unspecified atom stereocenters. The van der Waals surface area contributed by atoms with E-state index >= 15 is 0 Å². The average molecular weight is 306 g/mol. The van der Waals surface area contributed by atoms with Gasteiger partial charge in [-0.15, -0.1) is 0 Å². The van der Waals surface area contributed by atoms with Gasteiger partial charge >= 0.3 is 5.69 Å². The zero-order valence-corrected chi connectivity index (χ0v) is 14.3. The first-order valence-electron chi connectivity index (χ1n) is 7.95. The van der Waals surface area contributed by atoms with E-state index in [2.05, 4.69) is 13.8 Å². The zero-order chi connectivity index (χ0) is 16.5. The molecule has 1 aromatic rings. The predicted molar refractivity (Wildman–Crippen MR) is 86.1 cm³/mol. The van der Waals surface area contributed by atoms with Crippen LogP contribution in [0.5, 0.6) is 5.75 Å². The fraction of sp³-hybridized carbons (Fsp3) is 0.611. The fourth-order valence-electron chi connectivity index (χ4n) is 3.27. The summed E-state index contributed by atoms with van der Waals surface area (Å²) in [6.45, 7) is 8.55. The maximum Gasteiger partial charge on any atom is 0.302 e. The Bertz CT molecular complexity index is 588. The van der Waals surface area contributed by atoms with Crippen LogP contribution >= 0.6 is 0 Å². The number of methoxy groups -OCH3 is 1. The monoisotopic (exact) mass is 306 g/mol. The summed E-state index contributed by atoms with van der Waals surface area (Å²) in [6, 6.07) is 3.79. The third kappa shape index (κ3) is 3.12. The van der Waals surface area contributed by atoms with E-state index < -0.39 is 0 Å². The number of nitrogens with zero attached hydrogens (tertiary/aromatic N) is 1. The van der Waals surface area contributed by atoms with Gasteiger partial charge in [-0.05, 0) is 36.3 Å². The van der Waals surface area contributed by atoms with Crippen molar-refractivity contribution in [1.82, 2.24) is 0 Å². The Hall–Kier alpha value is -1.55. The van der Waals surface area contributed by atoms with Gasteiger partial charge in [0, 0.05) is 22.3 Å². The summed E-state index contributed by atoms with van der Waals surface area (Å²) in [5.41, 5.74) is 3.73. The summed E-state index contributed by atoms with van der Waals surface area (Å²) in [7, 11) is 1.61. The van der Waals surface area contributed by atoms with Gasteiger partial charge in [0.1, 0.15) is 0 Å². The molecule has 0 saturated carbocycles. The molecule has 0 bridgehead atoms. The summed E-state index contributed by atoms with van der Waals surface area (Å²) in [5.74, 6) is 0.848. The number of pyridine rings is 1. The quantitative estimate of drug-likeness (QED) is 0.663. The lowest BCUT2D eigenvalue weighted by atomic mass is 9.73. The van der Waals surface area contributed by atoms with Gasteiger partial charge in [-0.25, -0.2) is 0 Å². The van der Waals surface area contributed by atoms with Crippen molar-refractivity contribution in [3.63, 3.8) is 0 Å². The van der Waals surface area contributed by atoms with E-state index in [9.17, 15) is 10.3 Å². The molecule has 0 amide bonds. The van der Waals surface area contributed by atoms with Gasteiger partial charge in [-0.1, -0.05) is 27.7 Å². The number of rotatable bonds is 4. The summed E-state index contributed by atoms with van der Waals surface area (Å²) >= 11 is 0. The molecule has 2 N–H and O–H groups in total. The van der Waals surface area contributed by atoms with Gasteiger partial charge in [-0.2, -0.15) is 0 Å². The van der Waals surface area contributed by atoms with E-state index in [0.717, 1.165) is 36.1 Å². The summed E-state index contributed by atoms with van der Waals surface area (Å²) in [4.78, 5) is 0. The van der Waals surface area contributed by atoms with Gasteiger partial charge in [0.25, 0.3) is 0 Å². The van der Waals surface area contributed by atoms with Crippen molar-refractivity contribution in [3.05, 3.63) is 29.1 Å². The summed E-state index contributed by atoms with van der Waals surface area (Å²) in [6.07, 6.45) is 2.70. The highest BCUT2D eigenvalue weighted by atomic mass is 16.5. The smallest absolute Gasteiger partial charge is 0.302 e. The molecule has 122 valence electrons. The van der Waals surface area contributed by atoms with E-state index in [-0.39, 0.29) is 17.9 Å². The van der Waals surface area contributed by atoms with Crippen LogP contribution in [0.15, 0.2) is 17.7 Å². The molecule has 4 nitrogen and oxygen atoms in total. The van der Waals surface area contributed by atoms with Crippen molar-refractivity contribution >= 4 is 5.57 Å². The molecule has 0 spiro atoms. The predicted octanol–water partition coefficient (Wildman–Crippen LogP) is 3.30. The van der Waals surface area contributed by atoms with Crippen molar-refractivity contribution in [3.8, 4) is 5.75 Å². The molecular formula is C18H28NO3+. The highest BCUT2D eigenvalue weighted by Crippen LogP contribution is 2.43. The molecule has 0 fully saturated rings. The maximum atomic E-state index is 10.7. The van der Waals surface area contributed by atoms with Crippen molar-refractivity contribution in [2.45, 2.75) is 52.9 Å². The molecule has 1 aliphatic rings. The molecule has 1 aliphatic carbocycles. The molecule has 4 heteroatoms. The lowest BCUT2D eigenvalue weighted by Gasteiger charge is -2.31. The van der Waals surface area contributed by atoms with Crippen LogP contribution in [0.3, 0.4) is 0 Å². The van der Waals surface area contributed by atoms with Crippen LogP contribution in [-0.4, -0.2) is 24.0 Å². The number of aliphatic hydroxyl groups excluding tert-OH is 1.